The van der Waals surface area contributed by atoms with Crippen molar-refractivity contribution in [3.8, 4) is 0 Å². The molecule has 1 aromatic heterocycles. The number of hydrogen-bond donors (Lipinski definition) is 1. The minimum atomic E-state index is 0.837. The van der Waals surface area contributed by atoms with Crippen molar-refractivity contribution >= 4 is 59.8 Å². The molecule has 0 saturated carbocycles. The molecule has 2 heteroatoms. The fourth-order valence-electron chi connectivity index (χ4n) is 6.35. The molecule has 7 aromatic carbocycles. The molecule has 0 aliphatic rings. The number of nitrogens with zero attached hydrogens (tertiary/aromatic N) is 1. The SMILES string of the molecule is C(/Cc1ccccc1)=C(/Nn1c2ccccc2c2c3c4ccccc4ccc3c3ccccc3c21)c1ccccc1. The summed E-state index contributed by atoms with van der Waals surface area (Å²) >= 11 is 0. The topological polar surface area (TPSA) is 17.0 Å². The number of rotatable bonds is 5. The van der Waals surface area contributed by atoms with Gasteiger partial charge in [-0.3, -0.25) is 10.1 Å². The highest BCUT2D eigenvalue weighted by Gasteiger charge is 2.20. The third-order valence-corrected chi connectivity index (χ3v) is 8.23. The fraction of sp³-hybridized carbons (Fsp3) is 0.0256. The summed E-state index contributed by atoms with van der Waals surface area (Å²) in [6.07, 6.45) is 3.15. The van der Waals surface area contributed by atoms with E-state index in [1.165, 1.54) is 54.2 Å². The molecule has 0 atom stereocenters. The largest absolute Gasteiger partial charge is 0.293 e. The van der Waals surface area contributed by atoms with Crippen molar-refractivity contribution in [1.82, 2.24) is 4.68 Å². The van der Waals surface area contributed by atoms with Gasteiger partial charge >= 0.3 is 0 Å². The van der Waals surface area contributed by atoms with Crippen LogP contribution in [0, 0.1) is 0 Å². The maximum Gasteiger partial charge on any atom is 0.0794 e. The van der Waals surface area contributed by atoms with Crippen LogP contribution in [0.4, 0.5) is 0 Å². The van der Waals surface area contributed by atoms with Gasteiger partial charge in [0.05, 0.1) is 16.7 Å². The highest BCUT2D eigenvalue weighted by atomic mass is 15.4. The van der Waals surface area contributed by atoms with Crippen molar-refractivity contribution in [3.05, 3.63) is 163 Å². The van der Waals surface area contributed by atoms with Crippen LogP contribution in [0.5, 0.6) is 0 Å². The van der Waals surface area contributed by atoms with E-state index in [9.17, 15) is 0 Å². The number of aromatic nitrogens is 1. The van der Waals surface area contributed by atoms with Crippen LogP contribution in [0.1, 0.15) is 11.1 Å². The van der Waals surface area contributed by atoms with Gasteiger partial charge in [0, 0.05) is 21.5 Å². The summed E-state index contributed by atoms with van der Waals surface area (Å²) in [5, 5.41) is 10.2. The van der Waals surface area contributed by atoms with Crippen LogP contribution in [0.3, 0.4) is 0 Å². The molecule has 0 bridgehead atoms. The molecule has 8 rings (SSSR count). The van der Waals surface area contributed by atoms with Crippen molar-refractivity contribution in [3.63, 3.8) is 0 Å². The number of allylic oxidation sites excluding steroid dienone is 1. The normalized spacial score (nSPS) is 12.1. The molecule has 0 saturated heterocycles. The quantitative estimate of drug-likeness (QED) is 0.222. The standard InChI is InChI=1S/C39H28N2/c1-3-13-27(14-4-1)23-26-35(29-16-5-2-6-17-29)40-41-36-22-12-11-21-34(36)38-37-30-18-8-7-15-28(30)24-25-32(37)31-19-9-10-20-33(31)39(38)41/h1-22,24-26,40H,23H2/b35-26-. The Balaban J connectivity index is 1.47. The van der Waals surface area contributed by atoms with E-state index in [4.69, 9.17) is 0 Å². The zero-order valence-corrected chi connectivity index (χ0v) is 22.6. The monoisotopic (exact) mass is 524 g/mol. The van der Waals surface area contributed by atoms with Crippen molar-refractivity contribution in [1.29, 1.82) is 0 Å². The van der Waals surface area contributed by atoms with Gasteiger partial charge in [0.25, 0.3) is 0 Å². The zero-order valence-electron chi connectivity index (χ0n) is 22.6. The van der Waals surface area contributed by atoms with Crippen LogP contribution in [-0.2, 0) is 6.42 Å². The van der Waals surface area contributed by atoms with E-state index >= 15 is 0 Å². The second-order valence-corrected chi connectivity index (χ2v) is 10.6. The Kier molecular flexibility index (Phi) is 5.56. The molecule has 1 N–H and O–H groups in total. The molecular formula is C39H28N2. The van der Waals surface area contributed by atoms with E-state index < -0.39 is 0 Å². The molecule has 0 aliphatic carbocycles. The average Bonchev–Trinajstić information content (AvgIpc) is 3.37. The highest BCUT2D eigenvalue weighted by Crippen LogP contribution is 2.43. The van der Waals surface area contributed by atoms with Crippen molar-refractivity contribution in [2.24, 2.45) is 0 Å². The Bertz CT molecular complexity index is 2240. The number of benzene rings is 7. The molecule has 0 aliphatic heterocycles. The third kappa shape index (κ3) is 3.88. The molecule has 0 amide bonds. The van der Waals surface area contributed by atoms with E-state index in [1.807, 2.05) is 0 Å². The maximum absolute atomic E-state index is 3.91. The molecule has 0 fully saturated rings. The van der Waals surface area contributed by atoms with E-state index in [0.29, 0.717) is 0 Å². The zero-order chi connectivity index (χ0) is 27.2. The van der Waals surface area contributed by atoms with Crippen LogP contribution in [0.25, 0.3) is 59.8 Å². The van der Waals surface area contributed by atoms with Gasteiger partial charge in [-0.2, -0.15) is 0 Å². The molecule has 2 nitrogen and oxygen atoms in total. The lowest BCUT2D eigenvalue weighted by atomic mass is 9.93. The Morgan fingerprint density at radius 1 is 0.512 bits per heavy atom. The fourth-order valence-corrected chi connectivity index (χ4v) is 6.35. The second-order valence-electron chi connectivity index (χ2n) is 10.6. The number of nitrogens with one attached hydrogen (secondary N) is 1. The molecular weight excluding hydrogens is 496 g/mol. The lowest BCUT2D eigenvalue weighted by Crippen LogP contribution is -2.14. The van der Waals surface area contributed by atoms with E-state index in [1.54, 1.807) is 0 Å². The smallest absolute Gasteiger partial charge is 0.0794 e. The van der Waals surface area contributed by atoms with Gasteiger partial charge in [0.15, 0.2) is 0 Å². The van der Waals surface area contributed by atoms with E-state index in [2.05, 4.69) is 162 Å². The Labute approximate surface area is 238 Å². The minimum absolute atomic E-state index is 0.837. The van der Waals surface area contributed by atoms with Crippen LogP contribution in [-0.4, -0.2) is 4.68 Å². The summed E-state index contributed by atoms with van der Waals surface area (Å²) in [6.45, 7) is 0. The molecule has 194 valence electrons. The first kappa shape index (κ1) is 23.5. The predicted octanol–water partition coefficient (Wildman–Crippen LogP) is 10.1. The lowest BCUT2D eigenvalue weighted by Gasteiger charge is -2.17. The molecule has 0 unspecified atom stereocenters. The van der Waals surface area contributed by atoms with Crippen LogP contribution >= 0.6 is 0 Å². The second kappa shape index (κ2) is 9.69. The van der Waals surface area contributed by atoms with Crippen LogP contribution in [0.15, 0.2) is 152 Å². The van der Waals surface area contributed by atoms with Crippen molar-refractivity contribution < 1.29 is 0 Å². The first-order valence-electron chi connectivity index (χ1n) is 14.2. The van der Waals surface area contributed by atoms with Gasteiger partial charge in [-0.15, -0.1) is 0 Å². The minimum Gasteiger partial charge on any atom is -0.293 e. The maximum atomic E-state index is 3.91. The number of fused-ring (bicyclic) bond motifs is 10. The summed E-state index contributed by atoms with van der Waals surface area (Å²) in [6, 6.07) is 52.2. The third-order valence-electron chi connectivity index (χ3n) is 8.23. The molecule has 0 radical (unpaired) electrons. The van der Waals surface area contributed by atoms with Crippen LogP contribution in [0.2, 0.25) is 0 Å². The van der Waals surface area contributed by atoms with Crippen molar-refractivity contribution in [2.75, 3.05) is 5.43 Å². The van der Waals surface area contributed by atoms with Crippen LogP contribution < -0.4 is 5.43 Å². The lowest BCUT2D eigenvalue weighted by molar-refractivity contribution is 1.06. The Hall–Kier alpha value is -5.34. The summed E-state index contributed by atoms with van der Waals surface area (Å²) in [5.74, 6) is 0. The van der Waals surface area contributed by atoms with Gasteiger partial charge in [0.2, 0.25) is 0 Å². The first-order chi connectivity index (χ1) is 20.4. The summed E-state index contributed by atoms with van der Waals surface area (Å²) in [5.41, 5.74) is 9.80. The van der Waals surface area contributed by atoms with E-state index in [0.717, 1.165) is 23.2 Å². The van der Waals surface area contributed by atoms with Crippen molar-refractivity contribution in [2.45, 2.75) is 6.42 Å². The summed E-state index contributed by atoms with van der Waals surface area (Å²) in [7, 11) is 0. The van der Waals surface area contributed by atoms with Gasteiger partial charge in [0.1, 0.15) is 0 Å². The summed E-state index contributed by atoms with van der Waals surface area (Å²) in [4.78, 5) is 0. The first-order valence-corrected chi connectivity index (χ1v) is 14.2. The van der Waals surface area contributed by atoms with Gasteiger partial charge in [-0.05, 0) is 45.2 Å². The molecule has 1 heterocycles. The molecule has 41 heavy (non-hydrogen) atoms. The van der Waals surface area contributed by atoms with Gasteiger partial charge in [-0.1, -0.05) is 146 Å². The number of para-hydroxylation sites is 1. The molecule has 8 aromatic rings. The van der Waals surface area contributed by atoms with Gasteiger partial charge in [-0.25, -0.2) is 0 Å². The summed E-state index contributed by atoms with van der Waals surface area (Å²) < 4.78 is 2.32. The van der Waals surface area contributed by atoms with E-state index in [-0.39, 0.29) is 0 Å². The predicted molar refractivity (Wildman–Crippen MR) is 176 cm³/mol. The Morgan fingerprint density at radius 3 is 1.95 bits per heavy atom. The highest BCUT2D eigenvalue weighted by molar-refractivity contribution is 6.36. The van der Waals surface area contributed by atoms with Gasteiger partial charge < -0.3 is 0 Å². The number of hydrogen-bond acceptors (Lipinski definition) is 1. The molecule has 0 spiro atoms. The average molecular weight is 525 g/mol. The Morgan fingerprint density at radius 2 is 1.15 bits per heavy atom.